The van der Waals surface area contributed by atoms with Crippen molar-refractivity contribution >= 4 is 5.96 Å². The summed E-state index contributed by atoms with van der Waals surface area (Å²) < 4.78 is 0. The second kappa shape index (κ2) is 5.28. The van der Waals surface area contributed by atoms with Gasteiger partial charge in [-0.2, -0.15) is 0 Å². The van der Waals surface area contributed by atoms with Gasteiger partial charge in [-0.3, -0.25) is 4.99 Å². The van der Waals surface area contributed by atoms with Crippen LogP contribution in [0.15, 0.2) is 4.99 Å². The molecule has 0 unspecified atom stereocenters. The second-order valence-electron chi connectivity index (χ2n) is 6.48. The van der Waals surface area contributed by atoms with Gasteiger partial charge < -0.3 is 10.6 Å². The van der Waals surface area contributed by atoms with Crippen LogP contribution in [0.5, 0.6) is 0 Å². The zero-order valence-corrected chi connectivity index (χ0v) is 11.6. The number of nitrogens with zero attached hydrogens (tertiary/aromatic N) is 1. The minimum Gasteiger partial charge on any atom is -0.356 e. The molecule has 0 aromatic heterocycles. The van der Waals surface area contributed by atoms with Crippen molar-refractivity contribution in [2.45, 2.75) is 58.4 Å². The molecule has 2 fully saturated rings. The Morgan fingerprint density at radius 2 is 1.82 bits per heavy atom. The van der Waals surface area contributed by atoms with E-state index in [0.29, 0.717) is 11.5 Å². The molecule has 0 heterocycles. The fraction of sp³-hybridized carbons (Fsp3) is 0.929. The first-order chi connectivity index (χ1) is 8.09. The van der Waals surface area contributed by atoms with E-state index in [1.165, 1.54) is 38.5 Å². The van der Waals surface area contributed by atoms with Gasteiger partial charge in [0.2, 0.25) is 0 Å². The minimum absolute atomic E-state index is 0.574. The van der Waals surface area contributed by atoms with E-state index in [9.17, 15) is 0 Å². The summed E-state index contributed by atoms with van der Waals surface area (Å²) in [6.07, 6.45) is 8.07. The zero-order valence-electron chi connectivity index (χ0n) is 11.6. The van der Waals surface area contributed by atoms with E-state index >= 15 is 0 Å². The number of hydrogen-bond acceptors (Lipinski definition) is 1. The first kappa shape index (κ1) is 12.7. The standard InChI is InChI=1S/C14H27N3/c1-14(2)8-6-11(7-9-14)10-16-13(15-3)17-12-4-5-12/h11-12H,4-10H2,1-3H3,(H2,15,16,17). The lowest BCUT2D eigenvalue weighted by molar-refractivity contribution is 0.192. The van der Waals surface area contributed by atoms with Gasteiger partial charge in [-0.15, -0.1) is 0 Å². The largest absolute Gasteiger partial charge is 0.356 e. The van der Waals surface area contributed by atoms with Crippen LogP contribution < -0.4 is 10.6 Å². The van der Waals surface area contributed by atoms with Crippen molar-refractivity contribution in [2.24, 2.45) is 16.3 Å². The molecule has 2 rings (SSSR count). The SMILES string of the molecule is CN=C(NCC1CCC(C)(C)CC1)NC1CC1. The van der Waals surface area contributed by atoms with Crippen LogP contribution in [0.2, 0.25) is 0 Å². The van der Waals surface area contributed by atoms with Crippen molar-refractivity contribution < 1.29 is 0 Å². The Labute approximate surface area is 105 Å². The lowest BCUT2D eigenvalue weighted by Gasteiger charge is -2.34. The van der Waals surface area contributed by atoms with Crippen LogP contribution in [0.25, 0.3) is 0 Å². The normalized spacial score (nSPS) is 25.7. The zero-order chi connectivity index (χ0) is 12.3. The number of nitrogens with one attached hydrogen (secondary N) is 2. The third kappa shape index (κ3) is 4.21. The minimum atomic E-state index is 0.574. The molecule has 2 N–H and O–H groups in total. The number of hydrogen-bond donors (Lipinski definition) is 2. The Morgan fingerprint density at radius 3 is 2.35 bits per heavy atom. The van der Waals surface area contributed by atoms with Crippen molar-refractivity contribution in [3.8, 4) is 0 Å². The van der Waals surface area contributed by atoms with Crippen molar-refractivity contribution in [2.75, 3.05) is 13.6 Å². The number of rotatable bonds is 3. The lowest BCUT2D eigenvalue weighted by atomic mass is 9.73. The molecule has 0 aromatic carbocycles. The molecule has 17 heavy (non-hydrogen) atoms. The van der Waals surface area contributed by atoms with E-state index in [1.807, 2.05) is 7.05 Å². The topological polar surface area (TPSA) is 36.4 Å². The first-order valence-electron chi connectivity index (χ1n) is 7.06. The van der Waals surface area contributed by atoms with Gasteiger partial charge in [0.15, 0.2) is 5.96 Å². The van der Waals surface area contributed by atoms with Gasteiger partial charge in [-0.25, -0.2) is 0 Å². The molecule has 0 aromatic rings. The highest BCUT2D eigenvalue weighted by atomic mass is 15.2. The van der Waals surface area contributed by atoms with Gasteiger partial charge >= 0.3 is 0 Å². The Morgan fingerprint density at radius 1 is 1.18 bits per heavy atom. The molecule has 0 aliphatic heterocycles. The van der Waals surface area contributed by atoms with Gasteiger partial charge in [0.25, 0.3) is 0 Å². The highest BCUT2D eigenvalue weighted by Gasteiger charge is 2.27. The van der Waals surface area contributed by atoms with E-state index in [-0.39, 0.29) is 0 Å². The monoisotopic (exact) mass is 237 g/mol. The Balaban J connectivity index is 1.67. The third-order valence-corrected chi connectivity index (χ3v) is 4.16. The van der Waals surface area contributed by atoms with Crippen LogP contribution in [0, 0.1) is 11.3 Å². The van der Waals surface area contributed by atoms with Gasteiger partial charge in [0.1, 0.15) is 0 Å². The molecule has 3 heteroatoms. The van der Waals surface area contributed by atoms with Crippen molar-refractivity contribution in [1.82, 2.24) is 10.6 Å². The van der Waals surface area contributed by atoms with E-state index in [2.05, 4.69) is 29.5 Å². The Bertz CT molecular complexity index is 269. The fourth-order valence-electron chi connectivity index (χ4n) is 2.52. The number of guanidine groups is 1. The highest BCUT2D eigenvalue weighted by Crippen LogP contribution is 2.37. The predicted molar refractivity (Wildman–Crippen MR) is 73.3 cm³/mol. The van der Waals surface area contributed by atoms with Crippen LogP contribution in [0.4, 0.5) is 0 Å². The average Bonchev–Trinajstić information content (AvgIpc) is 3.09. The van der Waals surface area contributed by atoms with E-state index < -0.39 is 0 Å². The molecule has 0 amide bonds. The van der Waals surface area contributed by atoms with Crippen LogP contribution >= 0.6 is 0 Å². The number of aliphatic imine (C=N–C) groups is 1. The molecule has 2 aliphatic rings. The predicted octanol–water partition coefficient (Wildman–Crippen LogP) is 2.53. The molecule has 0 radical (unpaired) electrons. The van der Waals surface area contributed by atoms with Gasteiger partial charge in [-0.1, -0.05) is 13.8 Å². The van der Waals surface area contributed by atoms with Crippen molar-refractivity contribution in [1.29, 1.82) is 0 Å². The van der Waals surface area contributed by atoms with Gasteiger partial charge in [-0.05, 0) is 49.9 Å². The molecule has 0 bridgehead atoms. The van der Waals surface area contributed by atoms with Crippen molar-refractivity contribution in [3.05, 3.63) is 0 Å². The van der Waals surface area contributed by atoms with E-state index in [0.717, 1.165) is 18.4 Å². The van der Waals surface area contributed by atoms with E-state index in [1.54, 1.807) is 0 Å². The average molecular weight is 237 g/mol. The summed E-state index contributed by atoms with van der Waals surface area (Å²) in [5.74, 6) is 1.83. The van der Waals surface area contributed by atoms with Crippen LogP contribution in [-0.2, 0) is 0 Å². The summed E-state index contributed by atoms with van der Waals surface area (Å²) in [5.41, 5.74) is 0.574. The summed E-state index contributed by atoms with van der Waals surface area (Å²) in [7, 11) is 1.86. The smallest absolute Gasteiger partial charge is 0.191 e. The third-order valence-electron chi connectivity index (χ3n) is 4.16. The molecule has 98 valence electrons. The van der Waals surface area contributed by atoms with Crippen LogP contribution in [-0.4, -0.2) is 25.6 Å². The maximum absolute atomic E-state index is 4.28. The summed E-state index contributed by atoms with van der Waals surface area (Å²) in [6.45, 7) is 5.87. The van der Waals surface area contributed by atoms with Crippen LogP contribution in [0.1, 0.15) is 52.4 Å². The fourth-order valence-corrected chi connectivity index (χ4v) is 2.52. The van der Waals surface area contributed by atoms with Gasteiger partial charge in [0.05, 0.1) is 0 Å². The molecule has 0 atom stereocenters. The lowest BCUT2D eigenvalue weighted by Crippen LogP contribution is -2.41. The summed E-state index contributed by atoms with van der Waals surface area (Å²) in [5, 5.41) is 6.91. The maximum atomic E-state index is 4.28. The Hall–Kier alpha value is -0.730. The molecule has 3 nitrogen and oxygen atoms in total. The molecule has 2 aliphatic carbocycles. The molecule has 0 spiro atoms. The highest BCUT2D eigenvalue weighted by molar-refractivity contribution is 5.80. The quantitative estimate of drug-likeness (QED) is 0.584. The molecule has 0 saturated heterocycles. The summed E-state index contributed by atoms with van der Waals surface area (Å²) in [6, 6.07) is 0.687. The summed E-state index contributed by atoms with van der Waals surface area (Å²) >= 11 is 0. The second-order valence-corrected chi connectivity index (χ2v) is 6.48. The van der Waals surface area contributed by atoms with E-state index in [4.69, 9.17) is 0 Å². The molecular weight excluding hydrogens is 210 g/mol. The first-order valence-corrected chi connectivity index (χ1v) is 7.06. The van der Waals surface area contributed by atoms with Gasteiger partial charge in [0, 0.05) is 19.6 Å². The molecular formula is C14H27N3. The van der Waals surface area contributed by atoms with Crippen LogP contribution in [0.3, 0.4) is 0 Å². The van der Waals surface area contributed by atoms with Crippen molar-refractivity contribution in [3.63, 3.8) is 0 Å². The molecule has 2 saturated carbocycles. The summed E-state index contributed by atoms with van der Waals surface area (Å²) in [4.78, 5) is 4.28. The Kier molecular flexibility index (Phi) is 3.95. The maximum Gasteiger partial charge on any atom is 0.191 e.